The molecule has 0 saturated heterocycles. The summed E-state index contributed by atoms with van der Waals surface area (Å²) in [4.78, 5) is 20.7. The fourth-order valence-corrected chi connectivity index (χ4v) is 3.47. The summed E-state index contributed by atoms with van der Waals surface area (Å²) in [6, 6.07) is 6.23. The molecule has 6 heteroatoms. The standard InChI is InChI=1S/C18H22N4OS/c1-5-21(11-15-7-6-8-24-15)18(23)16-9-14-10-19-22(12(2)3)17(14)20-13(16)4/h6-10,12H,5,11H2,1-4H3. The van der Waals surface area contributed by atoms with Crippen LogP contribution in [0, 0.1) is 6.92 Å². The van der Waals surface area contributed by atoms with Gasteiger partial charge in [0.15, 0.2) is 5.65 Å². The van der Waals surface area contributed by atoms with Crippen LogP contribution in [0.3, 0.4) is 0 Å². The number of carbonyl (C=O) groups excluding carboxylic acids is 1. The average molecular weight is 342 g/mol. The number of carbonyl (C=O) groups is 1. The molecule has 24 heavy (non-hydrogen) atoms. The first-order valence-corrected chi connectivity index (χ1v) is 9.05. The molecule has 0 fully saturated rings. The SMILES string of the molecule is CCN(Cc1cccs1)C(=O)c1cc2cnn(C(C)C)c2nc1C. The molecule has 3 aromatic rings. The van der Waals surface area contributed by atoms with E-state index in [1.807, 2.05) is 40.9 Å². The van der Waals surface area contributed by atoms with Gasteiger partial charge in [0, 0.05) is 22.8 Å². The van der Waals surface area contributed by atoms with E-state index in [0.29, 0.717) is 18.7 Å². The zero-order chi connectivity index (χ0) is 17.3. The summed E-state index contributed by atoms with van der Waals surface area (Å²) in [6.07, 6.45) is 1.79. The summed E-state index contributed by atoms with van der Waals surface area (Å²) < 4.78 is 1.89. The van der Waals surface area contributed by atoms with Gasteiger partial charge in [-0.15, -0.1) is 11.3 Å². The maximum Gasteiger partial charge on any atom is 0.256 e. The first kappa shape index (κ1) is 16.6. The van der Waals surface area contributed by atoms with Crippen LogP contribution >= 0.6 is 11.3 Å². The normalized spacial score (nSPS) is 11.4. The Kier molecular flexibility index (Phi) is 4.66. The molecule has 3 heterocycles. The number of hydrogen-bond acceptors (Lipinski definition) is 4. The summed E-state index contributed by atoms with van der Waals surface area (Å²) in [5.41, 5.74) is 2.24. The zero-order valence-electron chi connectivity index (χ0n) is 14.5. The highest BCUT2D eigenvalue weighted by molar-refractivity contribution is 7.09. The Bertz CT molecular complexity index is 851. The van der Waals surface area contributed by atoms with E-state index in [1.165, 1.54) is 4.88 Å². The summed E-state index contributed by atoms with van der Waals surface area (Å²) in [5, 5.41) is 7.33. The van der Waals surface area contributed by atoms with E-state index < -0.39 is 0 Å². The van der Waals surface area contributed by atoms with Crippen LogP contribution in [-0.2, 0) is 6.54 Å². The van der Waals surface area contributed by atoms with Crippen molar-refractivity contribution in [3.63, 3.8) is 0 Å². The Morgan fingerprint density at radius 1 is 1.42 bits per heavy atom. The van der Waals surface area contributed by atoms with Crippen LogP contribution in [0.5, 0.6) is 0 Å². The summed E-state index contributed by atoms with van der Waals surface area (Å²) >= 11 is 1.67. The number of thiophene rings is 1. The second-order valence-electron chi connectivity index (χ2n) is 6.12. The van der Waals surface area contributed by atoms with Crippen molar-refractivity contribution in [3.05, 3.63) is 45.9 Å². The molecule has 5 nitrogen and oxygen atoms in total. The number of aromatic nitrogens is 3. The molecule has 0 bridgehead atoms. The van der Waals surface area contributed by atoms with Gasteiger partial charge in [0.2, 0.25) is 0 Å². The van der Waals surface area contributed by atoms with Gasteiger partial charge in [-0.2, -0.15) is 5.10 Å². The van der Waals surface area contributed by atoms with E-state index in [2.05, 4.69) is 30.0 Å². The van der Waals surface area contributed by atoms with Crippen LogP contribution < -0.4 is 0 Å². The van der Waals surface area contributed by atoms with Gasteiger partial charge in [0.1, 0.15) is 0 Å². The Labute approximate surface area is 145 Å². The van der Waals surface area contributed by atoms with Crippen molar-refractivity contribution >= 4 is 28.3 Å². The van der Waals surface area contributed by atoms with Crippen molar-refractivity contribution < 1.29 is 4.79 Å². The van der Waals surface area contributed by atoms with Crippen LogP contribution in [0.2, 0.25) is 0 Å². The van der Waals surface area contributed by atoms with Gasteiger partial charge in [0.25, 0.3) is 5.91 Å². The predicted molar refractivity (Wildman–Crippen MR) is 97.4 cm³/mol. The van der Waals surface area contributed by atoms with E-state index in [0.717, 1.165) is 16.7 Å². The highest BCUT2D eigenvalue weighted by Gasteiger charge is 2.20. The van der Waals surface area contributed by atoms with Gasteiger partial charge in [-0.25, -0.2) is 9.67 Å². The molecular formula is C18H22N4OS. The molecule has 0 aliphatic rings. The van der Waals surface area contributed by atoms with Crippen molar-refractivity contribution in [2.24, 2.45) is 0 Å². The lowest BCUT2D eigenvalue weighted by Crippen LogP contribution is -2.30. The van der Waals surface area contributed by atoms with Crippen molar-refractivity contribution in [2.75, 3.05) is 6.54 Å². The van der Waals surface area contributed by atoms with E-state index in [4.69, 9.17) is 0 Å². The second-order valence-corrected chi connectivity index (χ2v) is 7.15. The lowest BCUT2D eigenvalue weighted by molar-refractivity contribution is 0.0753. The topological polar surface area (TPSA) is 51.0 Å². The zero-order valence-corrected chi connectivity index (χ0v) is 15.3. The lowest BCUT2D eigenvalue weighted by Gasteiger charge is -2.21. The molecule has 0 aromatic carbocycles. The fraction of sp³-hybridized carbons (Fsp3) is 0.389. The molecule has 0 atom stereocenters. The number of fused-ring (bicyclic) bond motifs is 1. The molecule has 0 aliphatic heterocycles. The molecule has 3 rings (SSSR count). The van der Waals surface area contributed by atoms with Gasteiger partial charge >= 0.3 is 0 Å². The van der Waals surface area contributed by atoms with E-state index in [1.54, 1.807) is 17.5 Å². The highest BCUT2D eigenvalue weighted by Crippen LogP contribution is 2.21. The maximum absolute atomic E-state index is 13.0. The summed E-state index contributed by atoms with van der Waals surface area (Å²) in [5.74, 6) is 0.0232. The molecule has 0 aliphatic carbocycles. The number of nitrogens with zero attached hydrogens (tertiary/aromatic N) is 4. The van der Waals surface area contributed by atoms with Crippen molar-refractivity contribution in [3.8, 4) is 0 Å². The smallest absolute Gasteiger partial charge is 0.256 e. The first-order valence-electron chi connectivity index (χ1n) is 8.17. The Morgan fingerprint density at radius 3 is 2.83 bits per heavy atom. The van der Waals surface area contributed by atoms with Crippen molar-refractivity contribution in [2.45, 2.75) is 40.3 Å². The van der Waals surface area contributed by atoms with Crippen LogP contribution in [0.15, 0.2) is 29.8 Å². The molecule has 126 valence electrons. The third-order valence-electron chi connectivity index (χ3n) is 4.07. The number of rotatable bonds is 5. The quantitative estimate of drug-likeness (QED) is 0.703. The predicted octanol–water partition coefficient (Wildman–Crippen LogP) is 4.04. The Hall–Kier alpha value is -2.21. The van der Waals surface area contributed by atoms with E-state index in [-0.39, 0.29) is 11.9 Å². The van der Waals surface area contributed by atoms with Gasteiger partial charge in [-0.1, -0.05) is 6.07 Å². The molecular weight excluding hydrogens is 320 g/mol. The molecule has 3 aromatic heterocycles. The fourth-order valence-electron chi connectivity index (χ4n) is 2.75. The third-order valence-corrected chi connectivity index (χ3v) is 4.94. The number of hydrogen-bond donors (Lipinski definition) is 0. The van der Waals surface area contributed by atoms with Crippen molar-refractivity contribution in [1.82, 2.24) is 19.7 Å². The minimum absolute atomic E-state index is 0.0232. The molecule has 0 spiro atoms. The van der Waals surface area contributed by atoms with Gasteiger partial charge in [0.05, 0.1) is 24.0 Å². The van der Waals surface area contributed by atoms with E-state index >= 15 is 0 Å². The first-order chi connectivity index (χ1) is 11.5. The molecule has 0 N–H and O–H groups in total. The van der Waals surface area contributed by atoms with Crippen molar-refractivity contribution in [1.29, 1.82) is 0 Å². The van der Waals surface area contributed by atoms with Gasteiger partial charge in [-0.05, 0) is 45.2 Å². The molecule has 0 saturated carbocycles. The monoisotopic (exact) mass is 342 g/mol. The third kappa shape index (κ3) is 3.06. The Balaban J connectivity index is 1.95. The lowest BCUT2D eigenvalue weighted by atomic mass is 10.1. The number of pyridine rings is 1. The summed E-state index contributed by atoms with van der Waals surface area (Å²) in [6.45, 7) is 9.34. The summed E-state index contributed by atoms with van der Waals surface area (Å²) in [7, 11) is 0. The van der Waals surface area contributed by atoms with Crippen LogP contribution in [0.1, 0.15) is 47.7 Å². The molecule has 0 radical (unpaired) electrons. The Morgan fingerprint density at radius 2 is 2.21 bits per heavy atom. The minimum atomic E-state index is 0.0232. The number of amides is 1. The van der Waals surface area contributed by atoms with Crippen LogP contribution in [-0.4, -0.2) is 32.1 Å². The number of aryl methyl sites for hydroxylation is 1. The van der Waals surface area contributed by atoms with Gasteiger partial charge < -0.3 is 4.90 Å². The van der Waals surface area contributed by atoms with Crippen LogP contribution in [0.25, 0.3) is 11.0 Å². The molecule has 1 amide bonds. The molecule has 0 unspecified atom stereocenters. The maximum atomic E-state index is 13.0. The van der Waals surface area contributed by atoms with Gasteiger partial charge in [-0.3, -0.25) is 4.79 Å². The van der Waals surface area contributed by atoms with Crippen LogP contribution in [0.4, 0.5) is 0 Å². The largest absolute Gasteiger partial charge is 0.334 e. The minimum Gasteiger partial charge on any atom is -0.334 e. The van der Waals surface area contributed by atoms with E-state index in [9.17, 15) is 4.79 Å². The highest BCUT2D eigenvalue weighted by atomic mass is 32.1. The second kappa shape index (κ2) is 6.73. The average Bonchev–Trinajstić information content (AvgIpc) is 3.20.